The number of H-pyrrole nitrogens is 1. The normalized spacial score (nSPS) is 31.3. The van der Waals surface area contributed by atoms with E-state index in [0.29, 0.717) is 11.8 Å². The number of fused-ring (bicyclic) bond motifs is 1. The molecule has 0 aromatic carbocycles. The number of carboxylic acids is 1. The number of aliphatic carboxylic acids is 1. The van der Waals surface area contributed by atoms with Gasteiger partial charge in [0.15, 0.2) is 0 Å². The van der Waals surface area contributed by atoms with Crippen LogP contribution in [0.15, 0.2) is 0 Å². The predicted molar refractivity (Wildman–Crippen MR) is 67.7 cm³/mol. The molecular weight excluding hydrogens is 228 g/mol. The maximum atomic E-state index is 11.3. The van der Waals surface area contributed by atoms with Crippen molar-refractivity contribution in [1.29, 1.82) is 0 Å². The van der Waals surface area contributed by atoms with Gasteiger partial charge in [0.05, 0.1) is 5.69 Å². The standard InChI is InChI=1S/C14H20N2O2/c1-8-4-2-5-9(8)13-15-11-7-3-6-10(14(17)18)12(11)16-13/h8-10H,2-7H2,1H3,(H,15,16)(H,17,18). The van der Waals surface area contributed by atoms with Gasteiger partial charge in [0.2, 0.25) is 0 Å². The number of carboxylic acid groups (broad SMARTS) is 1. The number of carbonyl (C=O) groups is 1. The van der Waals surface area contributed by atoms with Gasteiger partial charge < -0.3 is 10.1 Å². The molecule has 0 amide bonds. The SMILES string of the molecule is CC1CCCC1c1nc2c([nH]1)CCCC2C(=O)O. The van der Waals surface area contributed by atoms with Crippen molar-refractivity contribution in [2.24, 2.45) is 5.92 Å². The molecule has 1 heterocycles. The van der Waals surface area contributed by atoms with Gasteiger partial charge in [-0.2, -0.15) is 0 Å². The quantitative estimate of drug-likeness (QED) is 0.845. The highest BCUT2D eigenvalue weighted by molar-refractivity contribution is 5.76. The van der Waals surface area contributed by atoms with Gasteiger partial charge in [-0.25, -0.2) is 4.98 Å². The third kappa shape index (κ3) is 1.84. The first kappa shape index (κ1) is 11.8. The highest BCUT2D eigenvalue weighted by atomic mass is 16.4. The Labute approximate surface area is 107 Å². The van der Waals surface area contributed by atoms with Crippen molar-refractivity contribution in [1.82, 2.24) is 9.97 Å². The third-order valence-electron chi connectivity index (χ3n) is 4.59. The first-order valence-corrected chi connectivity index (χ1v) is 6.98. The Morgan fingerprint density at radius 2 is 2.17 bits per heavy atom. The first-order chi connectivity index (χ1) is 8.66. The van der Waals surface area contributed by atoms with Gasteiger partial charge in [-0.05, 0) is 38.0 Å². The van der Waals surface area contributed by atoms with E-state index in [-0.39, 0.29) is 0 Å². The number of nitrogens with zero attached hydrogens (tertiary/aromatic N) is 1. The molecule has 0 spiro atoms. The summed E-state index contributed by atoms with van der Waals surface area (Å²) in [7, 11) is 0. The van der Waals surface area contributed by atoms with Crippen molar-refractivity contribution in [2.75, 3.05) is 0 Å². The average Bonchev–Trinajstić information content (AvgIpc) is 2.92. The monoisotopic (exact) mass is 248 g/mol. The number of imidazole rings is 1. The van der Waals surface area contributed by atoms with E-state index in [0.717, 1.165) is 36.5 Å². The lowest BCUT2D eigenvalue weighted by atomic mass is 9.90. The smallest absolute Gasteiger partial charge is 0.312 e. The van der Waals surface area contributed by atoms with Gasteiger partial charge in [-0.3, -0.25) is 4.79 Å². The van der Waals surface area contributed by atoms with E-state index in [1.807, 2.05) is 0 Å². The van der Waals surface area contributed by atoms with Crippen molar-refractivity contribution in [3.05, 3.63) is 17.2 Å². The van der Waals surface area contributed by atoms with Crippen molar-refractivity contribution in [2.45, 2.75) is 57.3 Å². The van der Waals surface area contributed by atoms with Crippen LogP contribution in [0.3, 0.4) is 0 Å². The molecule has 1 aromatic rings. The summed E-state index contributed by atoms with van der Waals surface area (Å²) in [6.07, 6.45) is 6.34. The molecule has 3 unspecified atom stereocenters. The Balaban J connectivity index is 1.93. The fourth-order valence-electron chi connectivity index (χ4n) is 3.51. The largest absolute Gasteiger partial charge is 0.481 e. The average molecular weight is 248 g/mol. The van der Waals surface area contributed by atoms with Crippen LogP contribution in [0.5, 0.6) is 0 Å². The summed E-state index contributed by atoms with van der Waals surface area (Å²) >= 11 is 0. The van der Waals surface area contributed by atoms with Gasteiger partial charge in [-0.15, -0.1) is 0 Å². The Bertz CT molecular complexity index is 466. The number of hydrogen-bond acceptors (Lipinski definition) is 2. The first-order valence-electron chi connectivity index (χ1n) is 6.98. The van der Waals surface area contributed by atoms with Gasteiger partial charge >= 0.3 is 5.97 Å². The zero-order valence-electron chi connectivity index (χ0n) is 10.8. The van der Waals surface area contributed by atoms with Gasteiger partial charge in [0.25, 0.3) is 0 Å². The molecule has 1 fully saturated rings. The minimum Gasteiger partial charge on any atom is -0.481 e. The summed E-state index contributed by atoms with van der Waals surface area (Å²) in [5, 5.41) is 9.26. The highest BCUT2D eigenvalue weighted by Crippen LogP contribution is 2.40. The maximum absolute atomic E-state index is 11.3. The van der Waals surface area contributed by atoms with Crippen LogP contribution < -0.4 is 0 Å². The molecule has 2 aliphatic rings. The Morgan fingerprint density at radius 3 is 2.83 bits per heavy atom. The van der Waals surface area contributed by atoms with E-state index in [9.17, 15) is 9.90 Å². The van der Waals surface area contributed by atoms with Crippen LogP contribution in [0.2, 0.25) is 0 Å². The second-order valence-electron chi connectivity index (χ2n) is 5.78. The summed E-state index contributed by atoms with van der Waals surface area (Å²) in [5.41, 5.74) is 1.88. The van der Waals surface area contributed by atoms with Crippen LogP contribution in [0.4, 0.5) is 0 Å². The van der Waals surface area contributed by atoms with Crippen molar-refractivity contribution < 1.29 is 9.90 Å². The molecule has 0 bridgehead atoms. The van der Waals surface area contributed by atoms with E-state index < -0.39 is 11.9 Å². The Hall–Kier alpha value is -1.32. The second kappa shape index (κ2) is 4.41. The van der Waals surface area contributed by atoms with Gasteiger partial charge in [-0.1, -0.05) is 13.3 Å². The molecule has 0 aliphatic heterocycles. The summed E-state index contributed by atoms with van der Waals surface area (Å²) in [6.45, 7) is 2.27. The molecule has 3 rings (SSSR count). The number of aromatic amines is 1. The number of nitrogens with one attached hydrogen (secondary N) is 1. The van der Waals surface area contributed by atoms with E-state index in [1.165, 1.54) is 19.3 Å². The lowest BCUT2D eigenvalue weighted by Crippen LogP contribution is -2.17. The minimum absolute atomic E-state index is 0.393. The molecule has 4 nitrogen and oxygen atoms in total. The molecule has 1 saturated carbocycles. The molecule has 2 aliphatic carbocycles. The Morgan fingerprint density at radius 1 is 1.33 bits per heavy atom. The molecule has 0 saturated heterocycles. The highest BCUT2D eigenvalue weighted by Gasteiger charge is 2.33. The van der Waals surface area contributed by atoms with Crippen LogP contribution in [-0.4, -0.2) is 21.0 Å². The Kier molecular flexibility index (Phi) is 2.88. The number of aromatic nitrogens is 2. The fourth-order valence-corrected chi connectivity index (χ4v) is 3.51. The topological polar surface area (TPSA) is 66.0 Å². The molecule has 3 atom stereocenters. The fraction of sp³-hybridized carbons (Fsp3) is 0.714. The van der Waals surface area contributed by atoms with Crippen LogP contribution in [0.25, 0.3) is 0 Å². The molecule has 18 heavy (non-hydrogen) atoms. The van der Waals surface area contributed by atoms with E-state index >= 15 is 0 Å². The second-order valence-corrected chi connectivity index (χ2v) is 5.78. The zero-order valence-corrected chi connectivity index (χ0v) is 10.8. The zero-order chi connectivity index (χ0) is 12.7. The van der Waals surface area contributed by atoms with E-state index in [4.69, 9.17) is 0 Å². The van der Waals surface area contributed by atoms with Crippen LogP contribution in [0.1, 0.15) is 68.1 Å². The lowest BCUT2D eigenvalue weighted by molar-refractivity contribution is -0.139. The maximum Gasteiger partial charge on any atom is 0.312 e. The lowest BCUT2D eigenvalue weighted by Gasteiger charge is -2.16. The van der Waals surface area contributed by atoms with Gasteiger partial charge in [0.1, 0.15) is 11.7 Å². The number of aryl methyl sites for hydroxylation is 1. The molecule has 2 N–H and O–H groups in total. The number of rotatable bonds is 2. The van der Waals surface area contributed by atoms with Crippen LogP contribution >= 0.6 is 0 Å². The molecule has 1 aromatic heterocycles. The third-order valence-corrected chi connectivity index (χ3v) is 4.59. The summed E-state index contributed by atoms with van der Waals surface area (Å²) in [5.74, 6) is 1.09. The van der Waals surface area contributed by atoms with Crippen molar-refractivity contribution in [3.8, 4) is 0 Å². The molecule has 98 valence electrons. The summed E-state index contributed by atoms with van der Waals surface area (Å²) in [6, 6.07) is 0. The van der Waals surface area contributed by atoms with Gasteiger partial charge in [0, 0.05) is 11.6 Å². The van der Waals surface area contributed by atoms with Crippen LogP contribution in [0, 0.1) is 5.92 Å². The predicted octanol–water partition coefficient (Wildman–Crippen LogP) is 2.82. The number of hydrogen-bond donors (Lipinski definition) is 2. The van der Waals surface area contributed by atoms with Crippen LogP contribution in [-0.2, 0) is 11.2 Å². The van der Waals surface area contributed by atoms with Crippen molar-refractivity contribution in [3.63, 3.8) is 0 Å². The summed E-state index contributed by atoms with van der Waals surface area (Å²) in [4.78, 5) is 19.3. The molecule has 4 heteroatoms. The van der Waals surface area contributed by atoms with E-state index in [2.05, 4.69) is 16.9 Å². The summed E-state index contributed by atoms with van der Waals surface area (Å²) < 4.78 is 0. The molecular formula is C14H20N2O2. The van der Waals surface area contributed by atoms with Crippen molar-refractivity contribution >= 4 is 5.97 Å². The molecule has 0 radical (unpaired) electrons. The van der Waals surface area contributed by atoms with E-state index in [1.54, 1.807) is 0 Å². The minimum atomic E-state index is -0.728.